The summed E-state index contributed by atoms with van der Waals surface area (Å²) in [7, 11) is -1.52. The maximum absolute atomic E-state index is 12.4. The van der Waals surface area contributed by atoms with E-state index in [1.165, 1.54) is 0 Å². The lowest BCUT2D eigenvalue weighted by molar-refractivity contribution is 0.387. The van der Waals surface area contributed by atoms with Crippen molar-refractivity contribution in [2.24, 2.45) is 5.84 Å². The van der Waals surface area contributed by atoms with Gasteiger partial charge >= 0.3 is 0 Å². The number of sulfone groups is 1. The number of aryl methyl sites for hydroxylation is 1. The van der Waals surface area contributed by atoms with E-state index in [4.69, 9.17) is 10.6 Å². The molecule has 1 aromatic rings. The molecular weight excluding hydrogens is 288 g/mol. The van der Waals surface area contributed by atoms with Gasteiger partial charge in [0, 0.05) is 5.56 Å². The lowest BCUT2D eigenvalue weighted by Gasteiger charge is -2.31. The number of nitrogens with one attached hydrogen (secondary N) is 1. The van der Waals surface area contributed by atoms with E-state index in [0.717, 1.165) is 35.3 Å². The number of ether oxygens (including phenoxy) is 1. The Hall–Kier alpha value is -1.11. The second kappa shape index (κ2) is 6.34. The summed E-state index contributed by atoms with van der Waals surface area (Å²) >= 11 is 0. The van der Waals surface area contributed by atoms with Crippen LogP contribution in [-0.2, 0) is 9.84 Å². The third kappa shape index (κ3) is 3.07. The summed E-state index contributed by atoms with van der Waals surface area (Å²) < 4.78 is 30.2. The maximum atomic E-state index is 12.4. The first kappa shape index (κ1) is 16.3. The average Bonchev–Trinajstić information content (AvgIpc) is 2.45. The van der Waals surface area contributed by atoms with Gasteiger partial charge in [-0.15, -0.1) is 0 Å². The number of hydrazine groups is 1. The van der Waals surface area contributed by atoms with Crippen molar-refractivity contribution in [1.29, 1.82) is 0 Å². The van der Waals surface area contributed by atoms with Crippen molar-refractivity contribution < 1.29 is 13.2 Å². The first-order chi connectivity index (χ1) is 9.92. The molecule has 2 unspecified atom stereocenters. The van der Waals surface area contributed by atoms with Gasteiger partial charge in [-0.25, -0.2) is 8.42 Å². The van der Waals surface area contributed by atoms with E-state index in [-0.39, 0.29) is 5.75 Å². The fraction of sp³-hybridized carbons (Fsp3) is 0.600. The molecule has 0 saturated carbocycles. The lowest BCUT2D eigenvalue weighted by atomic mass is 9.95. The summed E-state index contributed by atoms with van der Waals surface area (Å²) in [5, 5.41) is -0.493. The Morgan fingerprint density at radius 1 is 1.33 bits per heavy atom. The Morgan fingerprint density at radius 3 is 2.62 bits per heavy atom. The highest BCUT2D eigenvalue weighted by Gasteiger charge is 2.37. The second-order valence-electron chi connectivity index (χ2n) is 5.68. The number of nitrogens with two attached hydrogens (primary N) is 1. The van der Waals surface area contributed by atoms with Gasteiger partial charge in [0.05, 0.1) is 24.2 Å². The molecule has 21 heavy (non-hydrogen) atoms. The molecule has 1 aliphatic rings. The van der Waals surface area contributed by atoms with Crippen LogP contribution in [0.2, 0.25) is 0 Å². The van der Waals surface area contributed by atoms with Crippen molar-refractivity contribution in [1.82, 2.24) is 5.43 Å². The van der Waals surface area contributed by atoms with Gasteiger partial charge in [-0.1, -0.05) is 18.6 Å². The van der Waals surface area contributed by atoms with E-state index >= 15 is 0 Å². The molecule has 0 aromatic heterocycles. The molecule has 1 fully saturated rings. The molecule has 1 aromatic carbocycles. The highest BCUT2D eigenvalue weighted by Crippen LogP contribution is 2.37. The molecule has 5 nitrogen and oxygen atoms in total. The van der Waals surface area contributed by atoms with Crippen molar-refractivity contribution in [2.75, 3.05) is 12.9 Å². The minimum atomic E-state index is -3.13. The van der Waals surface area contributed by atoms with Gasteiger partial charge in [0.2, 0.25) is 0 Å². The fourth-order valence-electron chi connectivity index (χ4n) is 3.08. The highest BCUT2D eigenvalue weighted by molar-refractivity contribution is 7.92. The van der Waals surface area contributed by atoms with Gasteiger partial charge in [-0.2, -0.15) is 0 Å². The van der Waals surface area contributed by atoms with Crippen LogP contribution in [0.1, 0.15) is 42.0 Å². The summed E-state index contributed by atoms with van der Waals surface area (Å²) in [6.45, 7) is 3.98. The van der Waals surface area contributed by atoms with Crippen molar-refractivity contribution in [3.05, 3.63) is 28.8 Å². The summed E-state index contributed by atoms with van der Waals surface area (Å²) in [6, 6.07) is 3.45. The summed E-state index contributed by atoms with van der Waals surface area (Å²) in [5.41, 5.74) is 5.65. The van der Waals surface area contributed by atoms with Crippen LogP contribution in [0, 0.1) is 13.8 Å². The standard InChI is InChI=1S/C15H24N2O3S/c1-10-7-8-12(15(20-3)11(10)2)14(17-16)13-6-4-5-9-21(13,18)19/h7-8,13-14,17H,4-6,9,16H2,1-3H3. The zero-order chi connectivity index (χ0) is 15.6. The van der Waals surface area contributed by atoms with Crippen LogP contribution < -0.4 is 16.0 Å². The summed E-state index contributed by atoms with van der Waals surface area (Å²) in [5.74, 6) is 6.66. The zero-order valence-corrected chi connectivity index (χ0v) is 13.7. The van der Waals surface area contributed by atoms with E-state index in [0.29, 0.717) is 6.42 Å². The Bertz CT molecular complexity index is 614. The highest BCUT2D eigenvalue weighted by atomic mass is 32.2. The molecule has 2 rings (SSSR count). The predicted molar refractivity (Wildman–Crippen MR) is 84.0 cm³/mol. The lowest BCUT2D eigenvalue weighted by Crippen LogP contribution is -2.43. The Morgan fingerprint density at radius 2 is 2.05 bits per heavy atom. The van der Waals surface area contributed by atoms with Crippen LogP contribution in [0.4, 0.5) is 0 Å². The number of hydrogen-bond acceptors (Lipinski definition) is 5. The first-order valence-corrected chi connectivity index (χ1v) is 8.95. The number of methoxy groups -OCH3 is 1. The monoisotopic (exact) mass is 312 g/mol. The van der Waals surface area contributed by atoms with Crippen LogP contribution in [0.15, 0.2) is 12.1 Å². The largest absolute Gasteiger partial charge is 0.496 e. The molecule has 6 heteroatoms. The molecule has 0 radical (unpaired) electrons. The van der Waals surface area contributed by atoms with Crippen molar-refractivity contribution >= 4 is 9.84 Å². The summed E-state index contributed by atoms with van der Waals surface area (Å²) in [6.07, 6.45) is 2.28. The van der Waals surface area contributed by atoms with Crippen molar-refractivity contribution in [2.45, 2.75) is 44.4 Å². The number of hydrogen-bond donors (Lipinski definition) is 2. The second-order valence-corrected chi connectivity index (χ2v) is 8.01. The van der Waals surface area contributed by atoms with E-state index in [9.17, 15) is 8.42 Å². The number of benzene rings is 1. The van der Waals surface area contributed by atoms with Gasteiger partial charge in [-0.05, 0) is 37.8 Å². The molecule has 3 N–H and O–H groups in total. The molecule has 1 heterocycles. The Balaban J connectivity index is 2.49. The minimum absolute atomic E-state index is 0.239. The third-order valence-corrected chi connectivity index (χ3v) is 6.71. The van der Waals surface area contributed by atoms with Crippen LogP contribution in [-0.4, -0.2) is 26.5 Å². The molecule has 118 valence electrons. The minimum Gasteiger partial charge on any atom is -0.496 e. The number of rotatable bonds is 4. The van der Waals surface area contributed by atoms with Crippen LogP contribution in [0.25, 0.3) is 0 Å². The molecule has 1 saturated heterocycles. The normalized spacial score (nSPS) is 22.8. The topological polar surface area (TPSA) is 81.4 Å². The van der Waals surface area contributed by atoms with Gasteiger partial charge in [0.25, 0.3) is 0 Å². The SMILES string of the molecule is COc1c(C(NN)C2CCCCS2(=O)=O)ccc(C)c1C. The quantitative estimate of drug-likeness (QED) is 0.654. The van der Waals surface area contributed by atoms with Crippen molar-refractivity contribution in [3.63, 3.8) is 0 Å². The first-order valence-electron chi connectivity index (χ1n) is 7.24. The molecule has 0 amide bonds. The van der Waals surface area contributed by atoms with E-state index < -0.39 is 21.1 Å². The van der Waals surface area contributed by atoms with Crippen LogP contribution in [0.3, 0.4) is 0 Å². The van der Waals surface area contributed by atoms with Crippen LogP contribution >= 0.6 is 0 Å². The fourth-order valence-corrected chi connectivity index (χ4v) is 5.15. The summed E-state index contributed by atoms with van der Waals surface area (Å²) in [4.78, 5) is 0. The van der Waals surface area contributed by atoms with E-state index in [1.807, 2.05) is 26.0 Å². The van der Waals surface area contributed by atoms with E-state index in [2.05, 4.69) is 5.43 Å². The molecule has 0 aliphatic carbocycles. The zero-order valence-electron chi connectivity index (χ0n) is 12.8. The molecule has 1 aliphatic heterocycles. The predicted octanol–water partition coefficient (Wildman–Crippen LogP) is 1.78. The van der Waals surface area contributed by atoms with Gasteiger partial charge in [0.15, 0.2) is 9.84 Å². The molecule has 0 spiro atoms. The Kier molecular flexibility index (Phi) is 4.91. The smallest absolute Gasteiger partial charge is 0.155 e. The van der Waals surface area contributed by atoms with Gasteiger partial charge < -0.3 is 4.74 Å². The molecule has 2 atom stereocenters. The van der Waals surface area contributed by atoms with Crippen LogP contribution in [0.5, 0.6) is 5.75 Å². The molecular formula is C15H24N2O3S. The van der Waals surface area contributed by atoms with E-state index in [1.54, 1.807) is 7.11 Å². The average molecular weight is 312 g/mol. The molecule has 0 bridgehead atoms. The van der Waals surface area contributed by atoms with Gasteiger partial charge in [0.1, 0.15) is 5.75 Å². The van der Waals surface area contributed by atoms with Gasteiger partial charge in [-0.3, -0.25) is 11.3 Å². The third-order valence-electron chi connectivity index (χ3n) is 4.43. The maximum Gasteiger partial charge on any atom is 0.155 e. The van der Waals surface area contributed by atoms with Crippen molar-refractivity contribution in [3.8, 4) is 5.75 Å². The Labute approximate surface area is 126 Å².